The van der Waals surface area contributed by atoms with Crippen LogP contribution in [0, 0.1) is 11.8 Å². The smallest absolute Gasteiger partial charge is 0.220 e. The van der Waals surface area contributed by atoms with Gasteiger partial charge < -0.3 is 11.1 Å². The number of carbonyl (C=O) groups is 1. The first-order valence-corrected chi connectivity index (χ1v) is 5.32. The van der Waals surface area contributed by atoms with Crippen LogP contribution in [0.15, 0.2) is 0 Å². The van der Waals surface area contributed by atoms with Gasteiger partial charge in [-0.2, -0.15) is 0 Å². The minimum atomic E-state index is -0.0848. The molecule has 0 spiro atoms. The molecule has 0 aromatic rings. The van der Waals surface area contributed by atoms with Crippen molar-refractivity contribution in [3.05, 3.63) is 0 Å². The SMILES string of the molecule is NC(=O)C1CCCC2NCCCC21. The van der Waals surface area contributed by atoms with Gasteiger partial charge in [0.05, 0.1) is 0 Å². The van der Waals surface area contributed by atoms with Crippen LogP contribution in [0.3, 0.4) is 0 Å². The lowest BCUT2D eigenvalue weighted by molar-refractivity contribution is -0.125. The Hall–Kier alpha value is -0.570. The van der Waals surface area contributed by atoms with Crippen molar-refractivity contribution in [3.8, 4) is 0 Å². The molecule has 1 heterocycles. The van der Waals surface area contributed by atoms with Gasteiger partial charge in [0.15, 0.2) is 0 Å². The Morgan fingerprint density at radius 3 is 2.85 bits per heavy atom. The van der Waals surface area contributed by atoms with E-state index in [4.69, 9.17) is 5.73 Å². The van der Waals surface area contributed by atoms with Crippen LogP contribution in [-0.2, 0) is 4.79 Å². The number of primary amides is 1. The zero-order valence-corrected chi connectivity index (χ0v) is 7.96. The zero-order valence-electron chi connectivity index (χ0n) is 7.96. The number of rotatable bonds is 1. The van der Waals surface area contributed by atoms with Gasteiger partial charge in [0, 0.05) is 12.0 Å². The molecule has 1 aliphatic carbocycles. The van der Waals surface area contributed by atoms with Crippen LogP contribution in [0.25, 0.3) is 0 Å². The maximum Gasteiger partial charge on any atom is 0.220 e. The van der Waals surface area contributed by atoms with E-state index in [2.05, 4.69) is 5.32 Å². The second-order valence-corrected chi connectivity index (χ2v) is 4.31. The fraction of sp³-hybridized carbons (Fsp3) is 0.900. The number of carbonyl (C=O) groups excluding carboxylic acids is 1. The Bertz CT molecular complexity index is 203. The molecule has 1 saturated heterocycles. The molecule has 3 N–H and O–H groups in total. The van der Waals surface area contributed by atoms with Crippen LogP contribution in [-0.4, -0.2) is 18.5 Å². The highest BCUT2D eigenvalue weighted by Gasteiger charge is 2.37. The summed E-state index contributed by atoms with van der Waals surface area (Å²) in [6.45, 7) is 1.12. The Kier molecular flexibility index (Phi) is 2.54. The van der Waals surface area contributed by atoms with Crippen LogP contribution in [0.2, 0.25) is 0 Å². The van der Waals surface area contributed by atoms with Crippen molar-refractivity contribution in [2.75, 3.05) is 6.54 Å². The van der Waals surface area contributed by atoms with E-state index in [1.54, 1.807) is 0 Å². The van der Waals surface area contributed by atoms with Gasteiger partial charge in [0.1, 0.15) is 0 Å². The average molecular weight is 182 g/mol. The second kappa shape index (κ2) is 3.66. The molecule has 3 unspecified atom stereocenters. The first-order valence-electron chi connectivity index (χ1n) is 5.32. The Morgan fingerprint density at radius 1 is 1.23 bits per heavy atom. The van der Waals surface area contributed by atoms with E-state index in [0.717, 1.165) is 19.4 Å². The van der Waals surface area contributed by atoms with E-state index in [9.17, 15) is 4.79 Å². The van der Waals surface area contributed by atoms with Crippen LogP contribution in [0.4, 0.5) is 0 Å². The maximum atomic E-state index is 11.2. The lowest BCUT2D eigenvalue weighted by Crippen LogP contribution is -2.49. The molecule has 1 saturated carbocycles. The molecule has 3 atom stereocenters. The molecule has 74 valence electrons. The fourth-order valence-corrected chi connectivity index (χ4v) is 2.90. The zero-order chi connectivity index (χ0) is 9.26. The van der Waals surface area contributed by atoms with E-state index in [0.29, 0.717) is 12.0 Å². The molecule has 3 heteroatoms. The number of hydrogen-bond donors (Lipinski definition) is 2. The molecule has 0 aromatic heterocycles. The molecule has 0 aromatic carbocycles. The van der Waals surface area contributed by atoms with Gasteiger partial charge in [-0.1, -0.05) is 6.42 Å². The number of nitrogens with two attached hydrogens (primary N) is 1. The third kappa shape index (κ3) is 1.70. The summed E-state index contributed by atoms with van der Waals surface area (Å²) in [7, 11) is 0. The normalized spacial score (nSPS) is 39.5. The molecule has 3 nitrogen and oxygen atoms in total. The quantitative estimate of drug-likeness (QED) is 0.625. The lowest BCUT2D eigenvalue weighted by Gasteiger charge is -2.40. The molecule has 2 aliphatic rings. The standard InChI is InChI=1S/C10H18N2O/c11-10(13)8-3-1-5-9-7(8)4-2-6-12-9/h7-9,12H,1-6H2,(H2,11,13). The Balaban J connectivity index is 2.06. The van der Waals surface area contributed by atoms with E-state index < -0.39 is 0 Å². The summed E-state index contributed by atoms with van der Waals surface area (Å²) >= 11 is 0. The van der Waals surface area contributed by atoms with Crippen molar-refractivity contribution in [1.82, 2.24) is 5.32 Å². The number of nitrogens with one attached hydrogen (secondary N) is 1. The van der Waals surface area contributed by atoms with Gasteiger partial charge in [-0.3, -0.25) is 4.79 Å². The van der Waals surface area contributed by atoms with Crippen molar-refractivity contribution < 1.29 is 4.79 Å². The summed E-state index contributed by atoms with van der Waals surface area (Å²) in [5.74, 6) is 0.588. The van der Waals surface area contributed by atoms with Crippen LogP contribution in [0.1, 0.15) is 32.1 Å². The molecule has 1 amide bonds. The van der Waals surface area contributed by atoms with Crippen LogP contribution >= 0.6 is 0 Å². The molecule has 0 radical (unpaired) electrons. The van der Waals surface area contributed by atoms with Crippen molar-refractivity contribution in [2.24, 2.45) is 17.6 Å². The summed E-state index contributed by atoms with van der Waals surface area (Å²) in [6, 6.07) is 0.569. The first-order chi connectivity index (χ1) is 6.29. The lowest BCUT2D eigenvalue weighted by atomic mass is 9.72. The molecule has 13 heavy (non-hydrogen) atoms. The molecule has 0 bridgehead atoms. The minimum Gasteiger partial charge on any atom is -0.369 e. The maximum absolute atomic E-state index is 11.2. The van der Waals surface area contributed by atoms with Gasteiger partial charge in [0.25, 0.3) is 0 Å². The predicted octanol–water partition coefficient (Wildman–Crippen LogP) is 0.640. The number of amides is 1. The summed E-state index contributed by atoms with van der Waals surface area (Å²) in [5, 5.41) is 3.50. The van der Waals surface area contributed by atoms with E-state index in [1.807, 2.05) is 0 Å². The molecule has 2 rings (SSSR count). The van der Waals surface area contributed by atoms with Crippen LogP contribution in [0.5, 0.6) is 0 Å². The Labute approximate surface area is 79.1 Å². The van der Waals surface area contributed by atoms with Crippen molar-refractivity contribution in [1.29, 1.82) is 0 Å². The second-order valence-electron chi connectivity index (χ2n) is 4.31. The number of fused-ring (bicyclic) bond motifs is 1. The average Bonchev–Trinajstić information content (AvgIpc) is 2.17. The van der Waals surface area contributed by atoms with Gasteiger partial charge in [-0.05, 0) is 38.1 Å². The highest BCUT2D eigenvalue weighted by Crippen LogP contribution is 2.35. The largest absolute Gasteiger partial charge is 0.369 e. The van der Waals surface area contributed by atoms with E-state index in [1.165, 1.54) is 19.3 Å². The van der Waals surface area contributed by atoms with Crippen molar-refractivity contribution in [2.45, 2.75) is 38.1 Å². The van der Waals surface area contributed by atoms with Gasteiger partial charge in [0.2, 0.25) is 5.91 Å². The molecule has 1 aliphatic heterocycles. The third-order valence-electron chi connectivity index (χ3n) is 3.55. The van der Waals surface area contributed by atoms with Gasteiger partial charge in [-0.25, -0.2) is 0 Å². The molecular weight excluding hydrogens is 164 g/mol. The summed E-state index contributed by atoms with van der Waals surface area (Å²) in [5.41, 5.74) is 5.41. The topological polar surface area (TPSA) is 55.1 Å². The minimum absolute atomic E-state index is 0.0848. The van der Waals surface area contributed by atoms with Crippen molar-refractivity contribution >= 4 is 5.91 Å². The number of hydrogen-bond acceptors (Lipinski definition) is 2. The predicted molar refractivity (Wildman–Crippen MR) is 51.1 cm³/mol. The summed E-state index contributed by atoms with van der Waals surface area (Å²) < 4.78 is 0. The van der Waals surface area contributed by atoms with E-state index >= 15 is 0 Å². The monoisotopic (exact) mass is 182 g/mol. The third-order valence-corrected chi connectivity index (χ3v) is 3.55. The summed E-state index contributed by atoms with van der Waals surface area (Å²) in [4.78, 5) is 11.2. The van der Waals surface area contributed by atoms with Crippen molar-refractivity contribution in [3.63, 3.8) is 0 Å². The molecular formula is C10H18N2O. The molecule has 2 fully saturated rings. The van der Waals surface area contributed by atoms with Gasteiger partial charge in [-0.15, -0.1) is 0 Å². The number of piperidine rings is 1. The fourth-order valence-electron chi connectivity index (χ4n) is 2.90. The highest BCUT2D eigenvalue weighted by molar-refractivity contribution is 5.77. The van der Waals surface area contributed by atoms with E-state index in [-0.39, 0.29) is 11.8 Å². The Morgan fingerprint density at radius 2 is 2.08 bits per heavy atom. The van der Waals surface area contributed by atoms with Gasteiger partial charge >= 0.3 is 0 Å². The first kappa shape index (κ1) is 9.00. The summed E-state index contributed by atoms with van der Waals surface area (Å²) in [6.07, 6.45) is 5.78. The van der Waals surface area contributed by atoms with Crippen LogP contribution < -0.4 is 11.1 Å². The highest BCUT2D eigenvalue weighted by atomic mass is 16.1.